The van der Waals surface area contributed by atoms with Gasteiger partial charge in [0.1, 0.15) is 10.4 Å². The average molecular weight is 246 g/mol. The predicted molar refractivity (Wildman–Crippen MR) is 53.8 cm³/mol. The Bertz CT molecular complexity index is 299. The highest BCUT2D eigenvalue weighted by Crippen LogP contribution is 2.15. The van der Waals surface area contributed by atoms with Gasteiger partial charge in [-0.2, -0.15) is 0 Å². The fraction of sp³-hybridized carbons (Fsp3) is 0.375. The number of halogens is 1. The van der Waals surface area contributed by atoms with E-state index in [1.807, 2.05) is 13.0 Å². The maximum absolute atomic E-state index is 4.98. The normalized spacial score (nSPS) is 9.17. The van der Waals surface area contributed by atoms with Crippen LogP contribution >= 0.6 is 27.7 Å². The van der Waals surface area contributed by atoms with Gasteiger partial charge in [-0.05, 0) is 22.9 Å². The van der Waals surface area contributed by atoms with Crippen LogP contribution in [0.5, 0.6) is 0 Å². The van der Waals surface area contributed by atoms with E-state index >= 15 is 0 Å². The minimum absolute atomic E-state index is 0.750. The van der Waals surface area contributed by atoms with Gasteiger partial charge in [0.25, 0.3) is 0 Å². The van der Waals surface area contributed by atoms with E-state index < -0.39 is 0 Å². The smallest absolute Gasteiger partial charge is 0.149 e. The van der Waals surface area contributed by atoms with Crippen molar-refractivity contribution in [2.75, 3.05) is 5.75 Å². The molecule has 0 atom stereocenters. The standard InChI is InChI=1S/C8H8BrNOS/c1-2-3-4-12-6-7-5-8(9)10-11-7/h5H,4,6H2,1H3. The summed E-state index contributed by atoms with van der Waals surface area (Å²) in [6.07, 6.45) is 0. The molecule has 0 fully saturated rings. The number of aromatic nitrogens is 1. The lowest BCUT2D eigenvalue weighted by atomic mass is 10.5. The van der Waals surface area contributed by atoms with Gasteiger partial charge < -0.3 is 4.52 Å². The molecule has 12 heavy (non-hydrogen) atoms. The van der Waals surface area contributed by atoms with Crippen LogP contribution in [0.1, 0.15) is 12.7 Å². The molecule has 0 spiro atoms. The summed E-state index contributed by atoms with van der Waals surface area (Å²) in [7, 11) is 0. The Morgan fingerprint density at radius 2 is 2.58 bits per heavy atom. The Hall–Kier alpha value is -0.400. The Kier molecular flexibility index (Phi) is 4.26. The number of rotatable bonds is 3. The summed E-state index contributed by atoms with van der Waals surface area (Å²) in [4.78, 5) is 0. The number of thioether (sulfide) groups is 1. The van der Waals surface area contributed by atoms with E-state index in [0.29, 0.717) is 0 Å². The van der Waals surface area contributed by atoms with E-state index in [9.17, 15) is 0 Å². The summed E-state index contributed by atoms with van der Waals surface area (Å²) in [5.41, 5.74) is 0. The summed E-state index contributed by atoms with van der Waals surface area (Å²) < 4.78 is 5.73. The molecule has 0 unspecified atom stereocenters. The van der Waals surface area contributed by atoms with Gasteiger partial charge in [0.2, 0.25) is 0 Å². The van der Waals surface area contributed by atoms with Crippen LogP contribution in [-0.2, 0) is 5.75 Å². The van der Waals surface area contributed by atoms with Crippen LogP contribution < -0.4 is 0 Å². The molecule has 0 aliphatic carbocycles. The molecular formula is C8H8BrNOS. The second kappa shape index (κ2) is 5.28. The third kappa shape index (κ3) is 3.33. The van der Waals surface area contributed by atoms with E-state index in [-0.39, 0.29) is 0 Å². The molecule has 0 aromatic carbocycles. The molecule has 0 amide bonds. The van der Waals surface area contributed by atoms with Gasteiger partial charge in [-0.1, -0.05) is 11.1 Å². The van der Waals surface area contributed by atoms with Crippen molar-refractivity contribution in [3.8, 4) is 11.8 Å². The maximum Gasteiger partial charge on any atom is 0.149 e. The molecule has 1 rings (SSSR count). The van der Waals surface area contributed by atoms with Crippen LogP contribution in [-0.4, -0.2) is 10.9 Å². The molecule has 0 aliphatic rings. The van der Waals surface area contributed by atoms with Gasteiger partial charge in [-0.3, -0.25) is 0 Å². The summed E-state index contributed by atoms with van der Waals surface area (Å²) >= 11 is 4.93. The summed E-state index contributed by atoms with van der Waals surface area (Å²) in [5, 5.41) is 3.71. The van der Waals surface area contributed by atoms with Gasteiger partial charge in [-0.15, -0.1) is 17.7 Å². The SMILES string of the molecule is CC#CCSCc1cc(Br)no1. The second-order valence-corrected chi connectivity index (χ2v) is 3.83. The van der Waals surface area contributed by atoms with Crippen LogP contribution in [0.2, 0.25) is 0 Å². The van der Waals surface area contributed by atoms with E-state index in [1.165, 1.54) is 0 Å². The zero-order valence-electron chi connectivity index (χ0n) is 6.63. The molecule has 1 heterocycles. The molecule has 1 aromatic rings. The highest BCUT2D eigenvalue weighted by molar-refractivity contribution is 9.10. The van der Waals surface area contributed by atoms with Crippen molar-refractivity contribution in [3.05, 3.63) is 16.4 Å². The lowest BCUT2D eigenvalue weighted by molar-refractivity contribution is 0.391. The van der Waals surface area contributed by atoms with Crippen molar-refractivity contribution in [1.29, 1.82) is 0 Å². The summed E-state index contributed by atoms with van der Waals surface area (Å²) in [5.74, 6) is 8.35. The Morgan fingerprint density at radius 3 is 3.17 bits per heavy atom. The molecule has 0 bridgehead atoms. The van der Waals surface area contributed by atoms with E-state index in [4.69, 9.17) is 4.52 Å². The van der Waals surface area contributed by atoms with Crippen molar-refractivity contribution in [2.24, 2.45) is 0 Å². The first-order valence-corrected chi connectivity index (χ1v) is 5.36. The molecule has 0 N–H and O–H groups in total. The zero-order chi connectivity index (χ0) is 8.81. The minimum Gasteiger partial charge on any atom is -0.359 e. The molecule has 0 radical (unpaired) electrons. The molecule has 0 saturated carbocycles. The Morgan fingerprint density at radius 1 is 1.75 bits per heavy atom. The largest absolute Gasteiger partial charge is 0.359 e. The number of hydrogen-bond acceptors (Lipinski definition) is 3. The van der Waals surface area contributed by atoms with Gasteiger partial charge >= 0.3 is 0 Å². The van der Waals surface area contributed by atoms with E-state index in [2.05, 4.69) is 32.9 Å². The van der Waals surface area contributed by atoms with Gasteiger partial charge in [0, 0.05) is 6.07 Å². The average Bonchev–Trinajstić information content (AvgIpc) is 2.45. The first-order chi connectivity index (χ1) is 5.83. The lowest BCUT2D eigenvalue weighted by Gasteiger charge is -1.89. The van der Waals surface area contributed by atoms with Gasteiger partial charge in [0.05, 0.1) is 11.5 Å². The monoisotopic (exact) mass is 245 g/mol. The molecule has 4 heteroatoms. The topological polar surface area (TPSA) is 26.0 Å². The first-order valence-electron chi connectivity index (χ1n) is 3.41. The van der Waals surface area contributed by atoms with Gasteiger partial charge in [0.15, 0.2) is 0 Å². The van der Waals surface area contributed by atoms with Crippen LogP contribution in [0.25, 0.3) is 0 Å². The molecule has 0 saturated heterocycles. The molecule has 0 aliphatic heterocycles. The zero-order valence-corrected chi connectivity index (χ0v) is 9.04. The highest BCUT2D eigenvalue weighted by atomic mass is 79.9. The minimum atomic E-state index is 0.750. The molecular weight excluding hydrogens is 238 g/mol. The number of nitrogens with zero attached hydrogens (tertiary/aromatic N) is 1. The predicted octanol–water partition coefficient (Wildman–Crippen LogP) is 2.69. The molecule has 2 nitrogen and oxygen atoms in total. The van der Waals surface area contributed by atoms with Crippen molar-refractivity contribution in [3.63, 3.8) is 0 Å². The van der Waals surface area contributed by atoms with E-state index in [1.54, 1.807) is 11.8 Å². The van der Waals surface area contributed by atoms with Crippen LogP contribution in [0.15, 0.2) is 15.2 Å². The van der Waals surface area contributed by atoms with E-state index in [0.717, 1.165) is 21.9 Å². The third-order valence-electron chi connectivity index (χ3n) is 1.13. The second-order valence-electron chi connectivity index (χ2n) is 2.04. The fourth-order valence-corrected chi connectivity index (χ4v) is 1.64. The lowest BCUT2D eigenvalue weighted by Crippen LogP contribution is -1.76. The number of hydrogen-bond donors (Lipinski definition) is 0. The Labute approximate surface area is 84.2 Å². The van der Waals surface area contributed by atoms with Crippen LogP contribution in [0, 0.1) is 11.8 Å². The highest BCUT2D eigenvalue weighted by Gasteiger charge is 1.99. The van der Waals surface area contributed by atoms with Crippen LogP contribution in [0.4, 0.5) is 0 Å². The van der Waals surface area contributed by atoms with Crippen molar-refractivity contribution < 1.29 is 4.52 Å². The first kappa shape index (κ1) is 9.69. The molecule has 1 aromatic heterocycles. The molecule has 64 valence electrons. The summed E-state index contributed by atoms with van der Waals surface area (Å²) in [6.45, 7) is 1.84. The summed E-state index contributed by atoms with van der Waals surface area (Å²) in [6, 6.07) is 1.87. The maximum atomic E-state index is 4.98. The van der Waals surface area contributed by atoms with Crippen LogP contribution in [0.3, 0.4) is 0 Å². The van der Waals surface area contributed by atoms with Crippen molar-refractivity contribution >= 4 is 27.7 Å². The Balaban J connectivity index is 2.27. The van der Waals surface area contributed by atoms with Gasteiger partial charge in [-0.25, -0.2) is 0 Å². The fourth-order valence-electron chi connectivity index (χ4n) is 0.631. The third-order valence-corrected chi connectivity index (χ3v) is 2.34. The quantitative estimate of drug-likeness (QED) is 0.605. The van der Waals surface area contributed by atoms with Crippen molar-refractivity contribution in [2.45, 2.75) is 12.7 Å². The van der Waals surface area contributed by atoms with Crippen molar-refractivity contribution in [1.82, 2.24) is 5.16 Å².